The predicted octanol–water partition coefficient (Wildman–Crippen LogP) is 2.42. The SMILES string of the molecule is O=C(c1ccc2nsnc2c1)N1CCn2nc(C3CC3)cc2C1. The first kappa shape index (κ1) is 13.2. The molecule has 0 N–H and O–H groups in total. The summed E-state index contributed by atoms with van der Waals surface area (Å²) >= 11 is 1.17. The number of carbonyl (C=O) groups is 1. The molecule has 2 aromatic heterocycles. The molecule has 3 heterocycles. The summed E-state index contributed by atoms with van der Waals surface area (Å²) in [7, 11) is 0. The second kappa shape index (κ2) is 4.86. The largest absolute Gasteiger partial charge is 0.331 e. The molecule has 1 fully saturated rings. The summed E-state index contributed by atoms with van der Waals surface area (Å²) in [6.45, 7) is 2.10. The first-order valence-electron chi connectivity index (χ1n) is 7.86. The van der Waals surface area contributed by atoms with Gasteiger partial charge in [0.2, 0.25) is 0 Å². The van der Waals surface area contributed by atoms with Gasteiger partial charge < -0.3 is 4.90 Å². The average Bonchev–Trinajstić information content (AvgIpc) is 3.17. The molecule has 3 aromatic rings. The first-order valence-corrected chi connectivity index (χ1v) is 8.59. The fourth-order valence-corrected chi connectivity index (χ4v) is 3.66. The van der Waals surface area contributed by atoms with Crippen LogP contribution in [0.25, 0.3) is 11.0 Å². The Morgan fingerprint density at radius 3 is 2.87 bits per heavy atom. The quantitative estimate of drug-likeness (QED) is 0.726. The van der Waals surface area contributed by atoms with E-state index in [9.17, 15) is 4.79 Å². The van der Waals surface area contributed by atoms with E-state index in [0.717, 1.165) is 23.3 Å². The lowest BCUT2D eigenvalue weighted by Gasteiger charge is -2.27. The van der Waals surface area contributed by atoms with Crippen LogP contribution in [0, 0.1) is 0 Å². The number of amides is 1. The van der Waals surface area contributed by atoms with Crippen LogP contribution in [0.15, 0.2) is 24.3 Å². The Morgan fingerprint density at radius 1 is 1.13 bits per heavy atom. The summed E-state index contributed by atoms with van der Waals surface area (Å²) in [5, 5.41) is 4.68. The van der Waals surface area contributed by atoms with Crippen molar-refractivity contribution in [1.82, 2.24) is 23.4 Å². The Morgan fingerprint density at radius 2 is 2.00 bits per heavy atom. The van der Waals surface area contributed by atoms with Crippen molar-refractivity contribution in [2.75, 3.05) is 6.54 Å². The monoisotopic (exact) mass is 325 g/mol. The van der Waals surface area contributed by atoms with Crippen molar-refractivity contribution in [1.29, 1.82) is 0 Å². The van der Waals surface area contributed by atoms with Gasteiger partial charge in [0.05, 0.1) is 36.2 Å². The van der Waals surface area contributed by atoms with Gasteiger partial charge in [-0.3, -0.25) is 9.48 Å². The van der Waals surface area contributed by atoms with E-state index in [-0.39, 0.29) is 5.91 Å². The third-order valence-electron chi connectivity index (χ3n) is 4.60. The van der Waals surface area contributed by atoms with Crippen LogP contribution in [0.2, 0.25) is 0 Å². The van der Waals surface area contributed by atoms with E-state index in [1.165, 1.54) is 30.3 Å². The van der Waals surface area contributed by atoms with Crippen LogP contribution in [-0.2, 0) is 13.1 Å². The highest BCUT2D eigenvalue weighted by molar-refractivity contribution is 7.00. The average molecular weight is 325 g/mol. The van der Waals surface area contributed by atoms with E-state index >= 15 is 0 Å². The van der Waals surface area contributed by atoms with Crippen LogP contribution in [0.3, 0.4) is 0 Å². The zero-order valence-electron chi connectivity index (χ0n) is 12.5. The molecule has 6 nitrogen and oxygen atoms in total. The summed E-state index contributed by atoms with van der Waals surface area (Å²) < 4.78 is 10.5. The third-order valence-corrected chi connectivity index (χ3v) is 5.16. The van der Waals surface area contributed by atoms with E-state index in [4.69, 9.17) is 0 Å². The molecule has 0 radical (unpaired) electrons. The molecule has 0 saturated heterocycles. The van der Waals surface area contributed by atoms with E-state index in [1.54, 1.807) is 0 Å². The second-order valence-electron chi connectivity index (χ2n) is 6.25. The van der Waals surface area contributed by atoms with Crippen molar-refractivity contribution in [3.8, 4) is 0 Å². The normalized spacial score (nSPS) is 17.5. The molecule has 1 aromatic carbocycles. The molecule has 116 valence electrons. The number of aromatic nitrogens is 4. The fourth-order valence-electron chi connectivity index (χ4n) is 3.14. The first-order chi connectivity index (χ1) is 11.3. The maximum atomic E-state index is 12.8. The lowest BCUT2D eigenvalue weighted by Crippen LogP contribution is -2.38. The van der Waals surface area contributed by atoms with Gasteiger partial charge in [-0.15, -0.1) is 0 Å². The molecule has 0 unspecified atom stereocenters. The van der Waals surface area contributed by atoms with Gasteiger partial charge in [0, 0.05) is 18.0 Å². The molecule has 0 atom stereocenters. The lowest BCUT2D eigenvalue weighted by atomic mass is 10.1. The highest BCUT2D eigenvalue weighted by Gasteiger charge is 2.29. The molecule has 1 saturated carbocycles. The molecule has 5 rings (SSSR count). The van der Waals surface area contributed by atoms with Gasteiger partial charge in [-0.25, -0.2) is 0 Å². The van der Waals surface area contributed by atoms with Crippen LogP contribution < -0.4 is 0 Å². The molecular weight excluding hydrogens is 310 g/mol. The van der Waals surface area contributed by atoms with Crippen molar-refractivity contribution >= 4 is 28.7 Å². The molecule has 1 aliphatic carbocycles. The van der Waals surface area contributed by atoms with Crippen LogP contribution >= 0.6 is 11.7 Å². The minimum absolute atomic E-state index is 0.0559. The highest BCUT2D eigenvalue weighted by atomic mass is 32.1. The van der Waals surface area contributed by atoms with E-state index < -0.39 is 0 Å². The molecule has 23 heavy (non-hydrogen) atoms. The van der Waals surface area contributed by atoms with E-state index in [1.807, 2.05) is 23.1 Å². The summed E-state index contributed by atoms with van der Waals surface area (Å²) in [6, 6.07) is 7.71. The molecule has 7 heteroatoms. The summed E-state index contributed by atoms with van der Waals surface area (Å²) in [5.41, 5.74) is 4.66. The van der Waals surface area contributed by atoms with Crippen molar-refractivity contribution in [2.45, 2.75) is 31.8 Å². The zero-order valence-corrected chi connectivity index (χ0v) is 13.3. The van der Waals surface area contributed by atoms with Crippen molar-refractivity contribution in [3.05, 3.63) is 41.2 Å². The number of benzene rings is 1. The van der Waals surface area contributed by atoms with Gasteiger partial charge in [-0.05, 0) is 37.1 Å². The number of rotatable bonds is 2. The Labute approximate surface area is 137 Å². The number of nitrogens with zero attached hydrogens (tertiary/aromatic N) is 5. The summed E-state index contributed by atoms with van der Waals surface area (Å²) in [4.78, 5) is 14.7. The number of fused-ring (bicyclic) bond motifs is 2. The molecule has 1 aliphatic heterocycles. The number of carbonyl (C=O) groups excluding carboxylic acids is 1. The Bertz CT molecular complexity index is 910. The van der Waals surface area contributed by atoms with E-state index in [2.05, 4.69) is 24.6 Å². The van der Waals surface area contributed by atoms with Gasteiger partial charge in [0.25, 0.3) is 5.91 Å². The maximum absolute atomic E-state index is 12.8. The zero-order chi connectivity index (χ0) is 15.4. The molecule has 0 bridgehead atoms. The molecular formula is C16H15N5OS. The molecule has 2 aliphatic rings. The van der Waals surface area contributed by atoms with Crippen molar-refractivity contribution in [3.63, 3.8) is 0 Å². The number of hydrogen-bond donors (Lipinski definition) is 0. The topological polar surface area (TPSA) is 63.9 Å². The van der Waals surface area contributed by atoms with Gasteiger partial charge in [-0.2, -0.15) is 13.8 Å². The van der Waals surface area contributed by atoms with Crippen LogP contribution in [-0.4, -0.2) is 35.9 Å². The minimum Gasteiger partial charge on any atom is -0.331 e. The maximum Gasteiger partial charge on any atom is 0.254 e. The van der Waals surface area contributed by atoms with Crippen LogP contribution in [0.1, 0.15) is 40.5 Å². The van der Waals surface area contributed by atoms with E-state index in [0.29, 0.717) is 24.6 Å². The highest BCUT2D eigenvalue weighted by Crippen LogP contribution is 2.39. The van der Waals surface area contributed by atoms with Crippen molar-refractivity contribution < 1.29 is 4.79 Å². The minimum atomic E-state index is 0.0559. The Hall–Kier alpha value is -2.28. The Balaban J connectivity index is 1.41. The summed E-state index contributed by atoms with van der Waals surface area (Å²) in [6.07, 6.45) is 2.50. The fraction of sp³-hybridized carbons (Fsp3) is 0.375. The van der Waals surface area contributed by atoms with Crippen LogP contribution in [0.5, 0.6) is 0 Å². The molecule has 0 spiro atoms. The Kier molecular flexibility index (Phi) is 2.78. The predicted molar refractivity (Wildman–Crippen MR) is 86.4 cm³/mol. The molecule has 1 amide bonds. The van der Waals surface area contributed by atoms with Crippen LogP contribution in [0.4, 0.5) is 0 Å². The summed E-state index contributed by atoms with van der Waals surface area (Å²) in [5.74, 6) is 0.706. The van der Waals surface area contributed by atoms with Gasteiger partial charge in [0.1, 0.15) is 11.0 Å². The number of hydrogen-bond acceptors (Lipinski definition) is 5. The smallest absolute Gasteiger partial charge is 0.254 e. The van der Waals surface area contributed by atoms with Gasteiger partial charge in [0.15, 0.2) is 0 Å². The lowest BCUT2D eigenvalue weighted by molar-refractivity contribution is 0.0706. The van der Waals surface area contributed by atoms with Gasteiger partial charge in [-0.1, -0.05) is 0 Å². The van der Waals surface area contributed by atoms with Crippen molar-refractivity contribution in [2.24, 2.45) is 0 Å². The standard InChI is InChI=1S/C16H15N5OS/c22-16(11-3-4-13-15(7-11)19-23-18-13)20-5-6-21-12(9-20)8-14(17-21)10-1-2-10/h3-4,7-8,10H,1-2,5-6,9H2. The van der Waals surface area contributed by atoms with Gasteiger partial charge >= 0.3 is 0 Å². The third kappa shape index (κ3) is 2.23. The second-order valence-corrected chi connectivity index (χ2v) is 6.78.